The number of hydrogen-bond acceptors (Lipinski definition) is 4. The lowest BCUT2D eigenvalue weighted by molar-refractivity contribution is -0.142. The van der Waals surface area contributed by atoms with Crippen molar-refractivity contribution in [2.24, 2.45) is 0 Å². The summed E-state index contributed by atoms with van der Waals surface area (Å²) in [5.74, 6) is 1.04. The molecule has 0 heterocycles. The lowest BCUT2D eigenvalue weighted by Crippen LogP contribution is -2.50. The molecule has 1 aliphatic carbocycles. The van der Waals surface area contributed by atoms with Crippen molar-refractivity contribution in [3.63, 3.8) is 0 Å². The first-order valence-corrected chi connectivity index (χ1v) is 11.3. The molecule has 0 spiro atoms. The van der Waals surface area contributed by atoms with Crippen LogP contribution >= 0.6 is 0 Å². The second kappa shape index (κ2) is 11.0. The Morgan fingerprint density at radius 2 is 1.88 bits per heavy atom. The molecule has 2 amide bonds. The number of aryl methyl sites for hydroxylation is 2. The molecule has 6 heteroatoms. The van der Waals surface area contributed by atoms with Gasteiger partial charge in [0.05, 0.1) is 7.11 Å². The smallest absolute Gasteiger partial charge is 0.261 e. The molecule has 32 heavy (non-hydrogen) atoms. The summed E-state index contributed by atoms with van der Waals surface area (Å²) in [6.07, 6.45) is 4.26. The van der Waals surface area contributed by atoms with Gasteiger partial charge in [0.15, 0.2) is 6.61 Å². The van der Waals surface area contributed by atoms with Gasteiger partial charge >= 0.3 is 0 Å². The standard InChI is InChI=1S/C26H34N2O4/c1-18-12-13-19(2)24(14-18)32-17-25(29)28(16-21-8-7-11-23(15-21)31-4)20(3)26(30)27-22-9-5-6-10-22/h7-8,11-15,20,22H,5-6,9-10,16-17H2,1-4H3,(H,27,30)/t20-/m0/s1. The Balaban J connectivity index is 1.75. The van der Waals surface area contributed by atoms with E-state index in [4.69, 9.17) is 9.47 Å². The molecule has 6 nitrogen and oxygen atoms in total. The fraction of sp³-hybridized carbons (Fsp3) is 0.462. The number of rotatable bonds is 9. The molecular formula is C26H34N2O4. The summed E-state index contributed by atoms with van der Waals surface area (Å²) in [6.45, 7) is 5.88. The lowest BCUT2D eigenvalue weighted by Gasteiger charge is -2.30. The lowest BCUT2D eigenvalue weighted by atomic mass is 10.1. The number of carbonyl (C=O) groups is 2. The summed E-state index contributed by atoms with van der Waals surface area (Å²) in [4.78, 5) is 27.8. The predicted octanol–water partition coefficient (Wildman–Crippen LogP) is 4.17. The van der Waals surface area contributed by atoms with Gasteiger partial charge in [0, 0.05) is 12.6 Å². The molecule has 0 aliphatic heterocycles. The average Bonchev–Trinajstić information content (AvgIpc) is 3.30. The van der Waals surface area contributed by atoms with Crippen molar-refractivity contribution in [3.8, 4) is 11.5 Å². The average molecular weight is 439 g/mol. The molecule has 0 aromatic heterocycles. The Bertz CT molecular complexity index is 937. The monoisotopic (exact) mass is 438 g/mol. The largest absolute Gasteiger partial charge is 0.497 e. The number of ether oxygens (including phenoxy) is 2. The summed E-state index contributed by atoms with van der Waals surface area (Å²) < 4.78 is 11.2. The first-order chi connectivity index (χ1) is 15.4. The highest BCUT2D eigenvalue weighted by atomic mass is 16.5. The van der Waals surface area contributed by atoms with Crippen LogP contribution < -0.4 is 14.8 Å². The van der Waals surface area contributed by atoms with Crippen molar-refractivity contribution in [1.82, 2.24) is 10.2 Å². The summed E-state index contributed by atoms with van der Waals surface area (Å²) in [5, 5.41) is 3.11. The van der Waals surface area contributed by atoms with E-state index in [-0.39, 0.29) is 24.5 Å². The van der Waals surface area contributed by atoms with Gasteiger partial charge < -0.3 is 19.7 Å². The second-order valence-electron chi connectivity index (χ2n) is 8.60. The topological polar surface area (TPSA) is 67.9 Å². The Morgan fingerprint density at radius 1 is 1.12 bits per heavy atom. The highest BCUT2D eigenvalue weighted by Crippen LogP contribution is 2.21. The van der Waals surface area contributed by atoms with Crippen LogP contribution in [-0.4, -0.2) is 42.5 Å². The van der Waals surface area contributed by atoms with Gasteiger partial charge in [0.1, 0.15) is 17.5 Å². The molecule has 0 saturated heterocycles. The van der Waals surface area contributed by atoms with Crippen LogP contribution in [0.3, 0.4) is 0 Å². The maximum atomic E-state index is 13.2. The van der Waals surface area contributed by atoms with E-state index in [0.29, 0.717) is 18.0 Å². The molecule has 1 N–H and O–H groups in total. The van der Waals surface area contributed by atoms with Crippen LogP contribution in [0.25, 0.3) is 0 Å². The third-order valence-electron chi connectivity index (χ3n) is 6.05. The maximum Gasteiger partial charge on any atom is 0.261 e. The van der Waals surface area contributed by atoms with Gasteiger partial charge in [-0.05, 0) is 68.5 Å². The maximum absolute atomic E-state index is 13.2. The third kappa shape index (κ3) is 6.25. The van der Waals surface area contributed by atoms with Crippen LogP contribution in [0.2, 0.25) is 0 Å². The minimum absolute atomic E-state index is 0.125. The summed E-state index contributed by atoms with van der Waals surface area (Å²) in [6, 6.07) is 13.0. The highest BCUT2D eigenvalue weighted by molar-refractivity contribution is 5.88. The fourth-order valence-corrected chi connectivity index (χ4v) is 4.03. The molecule has 0 radical (unpaired) electrons. The molecule has 0 unspecified atom stereocenters. The minimum atomic E-state index is -0.614. The zero-order valence-electron chi connectivity index (χ0n) is 19.5. The van der Waals surface area contributed by atoms with Gasteiger partial charge in [0.2, 0.25) is 5.91 Å². The molecule has 1 aliphatic rings. The van der Waals surface area contributed by atoms with Crippen LogP contribution in [0.5, 0.6) is 11.5 Å². The SMILES string of the molecule is COc1cccc(CN(C(=O)COc2cc(C)ccc2C)[C@@H](C)C(=O)NC2CCCC2)c1. The van der Waals surface area contributed by atoms with Crippen molar-refractivity contribution in [1.29, 1.82) is 0 Å². The van der Waals surface area contributed by atoms with Gasteiger partial charge in [-0.25, -0.2) is 0 Å². The molecule has 3 rings (SSSR count). The minimum Gasteiger partial charge on any atom is -0.497 e. The van der Waals surface area contributed by atoms with E-state index in [1.54, 1.807) is 18.9 Å². The van der Waals surface area contributed by atoms with Crippen LogP contribution in [0.15, 0.2) is 42.5 Å². The van der Waals surface area contributed by atoms with Gasteiger partial charge in [-0.1, -0.05) is 37.1 Å². The number of benzene rings is 2. The van der Waals surface area contributed by atoms with E-state index in [1.807, 2.05) is 56.3 Å². The first kappa shape index (κ1) is 23.6. The van der Waals surface area contributed by atoms with Gasteiger partial charge in [-0.2, -0.15) is 0 Å². The van der Waals surface area contributed by atoms with E-state index in [2.05, 4.69) is 5.32 Å². The van der Waals surface area contributed by atoms with Gasteiger partial charge in [-0.3, -0.25) is 9.59 Å². The van der Waals surface area contributed by atoms with E-state index in [1.165, 1.54) is 0 Å². The second-order valence-corrected chi connectivity index (χ2v) is 8.60. The van der Waals surface area contributed by atoms with E-state index in [0.717, 1.165) is 42.4 Å². The van der Waals surface area contributed by atoms with Crippen molar-refractivity contribution in [3.05, 3.63) is 59.2 Å². The molecule has 1 atom stereocenters. The summed E-state index contributed by atoms with van der Waals surface area (Å²) in [7, 11) is 1.61. The van der Waals surface area contributed by atoms with Crippen LogP contribution in [0.1, 0.15) is 49.3 Å². The first-order valence-electron chi connectivity index (χ1n) is 11.3. The molecule has 2 aromatic rings. The Morgan fingerprint density at radius 3 is 2.59 bits per heavy atom. The van der Waals surface area contributed by atoms with E-state index < -0.39 is 6.04 Å². The van der Waals surface area contributed by atoms with Crippen LogP contribution in [0.4, 0.5) is 0 Å². The Hall–Kier alpha value is -3.02. The number of nitrogens with zero attached hydrogens (tertiary/aromatic N) is 1. The molecule has 0 bridgehead atoms. The van der Waals surface area contributed by atoms with Crippen molar-refractivity contribution in [2.45, 2.75) is 65.1 Å². The van der Waals surface area contributed by atoms with E-state index >= 15 is 0 Å². The molecule has 1 saturated carbocycles. The molecular weight excluding hydrogens is 404 g/mol. The Labute approximate surface area is 190 Å². The number of nitrogens with one attached hydrogen (secondary N) is 1. The molecule has 172 valence electrons. The fourth-order valence-electron chi connectivity index (χ4n) is 4.03. The van der Waals surface area contributed by atoms with Gasteiger partial charge in [0.25, 0.3) is 5.91 Å². The van der Waals surface area contributed by atoms with Crippen LogP contribution in [-0.2, 0) is 16.1 Å². The number of methoxy groups -OCH3 is 1. The van der Waals surface area contributed by atoms with Crippen LogP contribution in [0, 0.1) is 13.8 Å². The molecule has 1 fully saturated rings. The zero-order valence-corrected chi connectivity index (χ0v) is 19.5. The number of amides is 2. The third-order valence-corrected chi connectivity index (χ3v) is 6.05. The zero-order chi connectivity index (χ0) is 23.1. The van der Waals surface area contributed by atoms with Crippen molar-refractivity contribution >= 4 is 11.8 Å². The predicted molar refractivity (Wildman–Crippen MR) is 125 cm³/mol. The normalized spacial score (nSPS) is 14.6. The quantitative estimate of drug-likeness (QED) is 0.638. The molecule has 2 aromatic carbocycles. The van der Waals surface area contributed by atoms with Crippen molar-refractivity contribution < 1.29 is 19.1 Å². The number of carbonyl (C=O) groups excluding carboxylic acids is 2. The van der Waals surface area contributed by atoms with Gasteiger partial charge in [-0.15, -0.1) is 0 Å². The summed E-state index contributed by atoms with van der Waals surface area (Å²) in [5.41, 5.74) is 2.93. The Kier molecular flexibility index (Phi) is 8.14. The van der Waals surface area contributed by atoms with Crippen molar-refractivity contribution in [2.75, 3.05) is 13.7 Å². The van der Waals surface area contributed by atoms with E-state index in [9.17, 15) is 9.59 Å². The highest BCUT2D eigenvalue weighted by Gasteiger charge is 2.29. The number of hydrogen-bond donors (Lipinski definition) is 1. The summed E-state index contributed by atoms with van der Waals surface area (Å²) >= 11 is 0.